The van der Waals surface area contributed by atoms with Crippen LogP contribution in [-0.2, 0) is 4.79 Å². The van der Waals surface area contributed by atoms with E-state index in [9.17, 15) is 24.5 Å². The summed E-state index contributed by atoms with van der Waals surface area (Å²) in [7, 11) is -1.56. The van der Waals surface area contributed by atoms with Gasteiger partial charge in [0.15, 0.2) is 0 Å². The van der Waals surface area contributed by atoms with Gasteiger partial charge in [0.2, 0.25) is 5.91 Å². The first-order chi connectivity index (χ1) is 16.5. The average molecular weight is 459 g/mol. The molecular formula is C25H23BFN3O4. The summed E-state index contributed by atoms with van der Waals surface area (Å²) in [4.78, 5) is 16.3. The van der Waals surface area contributed by atoms with Crippen molar-refractivity contribution in [2.24, 2.45) is 0 Å². The number of nitriles is 1. The van der Waals surface area contributed by atoms with Crippen molar-refractivity contribution in [3.05, 3.63) is 95.6 Å². The lowest BCUT2D eigenvalue weighted by atomic mass is 9.79. The van der Waals surface area contributed by atoms with E-state index in [2.05, 4.69) is 10.3 Å². The van der Waals surface area contributed by atoms with Gasteiger partial charge in [0, 0.05) is 12.5 Å². The lowest BCUT2D eigenvalue weighted by molar-refractivity contribution is -0.122. The molecule has 9 heteroatoms. The maximum Gasteiger partial charge on any atom is 0.453 e. The van der Waals surface area contributed by atoms with E-state index in [1.807, 2.05) is 24.3 Å². The minimum Gasteiger partial charge on any atom is -0.493 e. The van der Waals surface area contributed by atoms with E-state index in [-0.39, 0.29) is 36.5 Å². The minimum atomic E-state index is -1.56. The van der Waals surface area contributed by atoms with Crippen LogP contribution in [0.5, 0.6) is 5.75 Å². The molecule has 2 aromatic carbocycles. The van der Waals surface area contributed by atoms with Gasteiger partial charge in [0.05, 0.1) is 24.6 Å². The van der Waals surface area contributed by atoms with Crippen LogP contribution < -0.4 is 10.1 Å². The summed E-state index contributed by atoms with van der Waals surface area (Å²) in [6, 6.07) is 20.0. The van der Waals surface area contributed by atoms with Crippen molar-refractivity contribution in [2.45, 2.75) is 18.8 Å². The molecule has 0 fully saturated rings. The first-order valence-corrected chi connectivity index (χ1v) is 10.6. The zero-order chi connectivity index (χ0) is 24.3. The summed E-state index contributed by atoms with van der Waals surface area (Å²) in [6.07, 6.45) is 2.93. The van der Waals surface area contributed by atoms with Gasteiger partial charge < -0.3 is 20.1 Å². The van der Waals surface area contributed by atoms with E-state index < -0.39 is 19.0 Å². The molecule has 0 spiro atoms. The van der Waals surface area contributed by atoms with Gasteiger partial charge in [0.1, 0.15) is 23.3 Å². The first kappa shape index (κ1) is 24.6. The molecule has 1 atom stereocenters. The molecule has 7 nitrogen and oxygen atoms in total. The monoisotopic (exact) mass is 459 g/mol. The van der Waals surface area contributed by atoms with Crippen LogP contribution in [0.4, 0.5) is 4.39 Å². The van der Waals surface area contributed by atoms with Crippen molar-refractivity contribution in [3.63, 3.8) is 0 Å². The summed E-state index contributed by atoms with van der Waals surface area (Å²) in [5.74, 6) is -0.412. The van der Waals surface area contributed by atoms with E-state index in [1.54, 1.807) is 36.4 Å². The highest BCUT2D eigenvalue weighted by atomic mass is 19.1. The number of aromatic nitrogens is 1. The molecule has 0 bridgehead atoms. The lowest BCUT2D eigenvalue weighted by Crippen LogP contribution is -2.32. The standard InChI is InChI=1S/C25H23BFN3O4/c27-22-10-5-12-29-25(22)20(17-28)14-18-6-4-9-21(15-18)34-13-11-24(31)30-23(16-26(32)33)19-7-2-1-3-8-19/h1-10,12,14-15,23,32-33H,11,13,16H2,(H,30,31)/t23-/m0/s1. The minimum absolute atomic E-state index is 0.0334. The second-order valence-electron chi connectivity index (χ2n) is 7.42. The van der Waals surface area contributed by atoms with Crippen molar-refractivity contribution in [1.29, 1.82) is 5.26 Å². The smallest absolute Gasteiger partial charge is 0.453 e. The molecule has 0 saturated carbocycles. The van der Waals surface area contributed by atoms with Gasteiger partial charge in [-0.05, 0) is 41.5 Å². The summed E-state index contributed by atoms with van der Waals surface area (Å²) in [5.41, 5.74) is 1.42. The predicted octanol–water partition coefficient (Wildman–Crippen LogP) is 3.38. The normalized spacial score (nSPS) is 11.9. The predicted molar refractivity (Wildman–Crippen MR) is 127 cm³/mol. The second kappa shape index (κ2) is 12.3. The van der Waals surface area contributed by atoms with E-state index in [0.29, 0.717) is 11.3 Å². The molecule has 34 heavy (non-hydrogen) atoms. The van der Waals surface area contributed by atoms with Crippen LogP contribution in [-0.4, -0.2) is 34.7 Å². The number of rotatable bonds is 10. The number of allylic oxidation sites excluding steroid dienone is 1. The van der Waals surface area contributed by atoms with E-state index in [1.165, 1.54) is 24.4 Å². The maximum absolute atomic E-state index is 14.0. The number of amides is 1. The molecule has 3 aromatic rings. The fourth-order valence-corrected chi connectivity index (χ4v) is 3.30. The summed E-state index contributed by atoms with van der Waals surface area (Å²) < 4.78 is 19.6. The highest BCUT2D eigenvalue weighted by molar-refractivity contribution is 6.41. The fourth-order valence-electron chi connectivity index (χ4n) is 3.30. The quantitative estimate of drug-likeness (QED) is 0.316. The van der Waals surface area contributed by atoms with Crippen LogP contribution in [0.2, 0.25) is 6.32 Å². The molecule has 1 aromatic heterocycles. The molecule has 1 heterocycles. The Balaban J connectivity index is 1.60. The van der Waals surface area contributed by atoms with Crippen LogP contribution in [0.1, 0.15) is 29.3 Å². The molecule has 1 amide bonds. The molecule has 3 N–H and O–H groups in total. The van der Waals surface area contributed by atoms with Crippen molar-refractivity contribution in [1.82, 2.24) is 10.3 Å². The number of halogens is 1. The van der Waals surface area contributed by atoms with Gasteiger partial charge in [-0.25, -0.2) is 4.39 Å². The van der Waals surface area contributed by atoms with Gasteiger partial charge in [0.25, 0.3) is 0 Å². The number of carbonyl (C=O) groups is 1. The number of nitrogens with one attached hydrogen (secondary N) is 1. The molecule has 3 rings (SSSR count). The summed E-state index contributed by atoms with van der Waals surface area (Å²) >= 11 is 0. The van der Waals surface area contributed by atoms with Crippen molar-refractivity contribution in [3.8, 4) is 11.8 Å². The zero-order valence-corrected chi connectivity index (χ0v) is 18.3. The van der Waals surface area contributed by atoms with E-state index in [0.717, 1.165) is 5.56 Å². The number of hydrogen-bond acceptors (Lipinski definition) is 6. The van der Waals surface area contributed by atoms with Gasteiger partial charge in [-0.3, -0.25) is 9.78 Å². The van der Waals surface area contributed by atoms with Crippen molar-refractivity contribution < 1.29 is 24.0 Å². The number of carbonyl (C=O) groups excluding carboxylic acids is 1. The molecular weight excluding hydrogens is 436 g/mol. The van der Waals surface area contributed by atoms with Gasteiger partial charge >= 0.3 is 7.12 Å². The zero-order valence-electron chi connectivity index (χ0n) is 18.3. The number of ether oxygens (including phenoxy) is 1. The second-order valence-corrected chi connectivity index (χ2v) is 7.42. The highest BCUT2D eigenvalue weighted by Crippen LogP contribution is 2.22. The third-order valence-corrected chi connectivity index (χ3v) is 4.88. The van der Waals surface area contributed by atoms with Crippen LogP contribution in [0.3, 0.4) is 0 Å². The molecule has 0 saturated heterocycles. The van der Waals surface area contributed by atoms with Gasteiger partial charge in [-0.2, -0.15) is 5.26 Å². The van der Waals surface area contributed by atoms with Crippen LogP contribution in [0, 0.1) is 17.1 Å². The molecule has 0 aliphatic rings. The Kier molecular flexibility index (Phi) is 8.92. The van der Waals surface area contributed by atoms with Gasteiger partial charge in [-0.1, -0.05) is 42.5 Å². The summed E-state index contributed by atoms with van der Waals surface area (Å²) in [5, 5.41) is 30.9. The number of pyridine rings is 1. The molecule has 0 unspecified atom stereocenters. The summed E-state index contributed by atoms with van der Waals surface area (Å²) in [6.45, 7) is 0.0855. The Hall–Kier alpha value is -4.00. The molecule has 0 radical (unpaired) electrons. The third-order valence-electron chi connectivity index (χ3n) is 4.88. The Bertz CT molecular complexity index is 1180. The molecule has 0 aliphatic heterocycles. The van der Waals surface area contributed by atoms with E-state index in [4.69, 9.17) is 4.74 Å². The number of benzene rings is 2. The van der Waals surface area contributed by atoms with Crippen LogP contribution >= 0.6 is 0 Å². The largest absolute Gasteiger partial charge is 0.493 e. The van der Waals surface area contributed by atoms with Crippen LogP contribution in [0.15, 0.2) is 72.9 Å². The Labute approximate surface area is 197 Å². The SMILES string of the molecule is N#CC(=Cc1cccc(OCCC(=O)N[C@@H](CB(O)O)c2ccccc2)c1)c1ncccc1F. The Morgan fingerprint density at radius 3 is 2.68 bits per heavy atom. The third kappa shape index (κ3) is 7.27. The number of hydrogen-bond donors (Lipinski definition) is 3. The number of nitrogens with zero attached hydrogens (tertiary/aromatic N) is 2. The first-order valence-electron chi connectivity index (χ1n) is 10.6. The lowest BCUT2D eigenvalue weighted by Gasteiger charge is -2.19. The topological polar surface area (TPSA) is 115 Å². The van der Waals surface area contributed by atoms with Crippen LogP contribution in [0.25, 0.3) is 11.6 Å². The van der Waals surface area contributed by atoms with E-state index >= 15 is 0 Å². The Morgan fingerprint density at radius 1 is 1.18 bits per heavy atom. The maximum atomic E-state index is 14.0. The molecule has 0 aliphatic carbocycles. The van der Waals surface area contributed by atoms with Crippen molar-refractivity contribution in [2.75, 3.05) is 6.61 Å². The average Bonchev–Trinajstić information content (AvgIpc) is 2.83. The fraction of sp³-hybridized carbons (Fsp3) is 0.160. The van der Waals surface area contributed by atoms with Gasteiger partial charge in [-0.15, -0.1) is 0 Å². The molecule has 172 valence electrons. The highest BCUT2D eigenvalue weighted by Gasteiger charge is 2.20. The van der Waals surface area contributed by atoms with Crippen molar-refractivity contribution >= 4 is 24.7 Å². The Morgan fingerprint density at radius 2 is 1.97 bits per heavy atom.